The first-order chi connectivity index (χ1) is 6.57. The second-order valence-electron chi connectivity index (χ2n) is 5.01. The van der Waals surface area contributed by atoms with Crippen molar-refractivity contribution in [2.24, 2.45) is 0 Å². The third-order valence-corrected chi connectivity index (χ3v) is 2.70. The van der Waals surface area contributed by atoms with Crippen LogP contribution in [0.4, 0.5) is 0 Å². The van der Waals surface area contributed by atoms with E-state index in [-0.39, 0.29) is 5.41 Å². The number of nitrogens with zero attached hydrogens (tertiary/aromatic N) is 1. The lowest BCUT2D eigenvalue weighted by Gasteiger charge is -2.12. The van der Waals surface area contributed by atoms with Crippen LogP contribution < -0.4 is 5.32 Å². The molecule has 0 aliphatic carbocycles. The summed E-state index contributed by atoms with van der Waals surface area (Å²) in [4.78, 5) is 0. The zero-order valence-corrected chi connectivity index (χ0v) is 9.13. The van der Waals surface area contributed by atoms with Crippen molar-refractivity contribution in [3.63, 3.8) is 0 Å². The summed E-state index contributed by atoms with van der Waals surface area (Å²) in [5.41, 5.74) is 1.13. The van der Waals surface area contributed by atoms with Crippen molar-refractivity contribution in [3.8, 4) is 0 Å². The molecule has 2 heterocycles. The maximum Gasteiger partial charge on any atom is 0.153 e. The van der Waals surface area contributed by atoms with Gasteiger partial charge in [-0.15, -0.1) is 0 Å². The molecular formula is C11H18N2O. The van der Waals surface area contributed by atoms with Gasteiger partial charge >= 0.3 is 0 Å². The molecule has 1 aromatic rings. The molecule has 14 heavy (non-hydrogen) atoms. The number of nitrogens with one attached hydrogen (secondary N) is 1. The van der Waals surface area contributed by atoms with Crippen molar-refractivity contribution in [2.45, 2.75) is 45.1 Å². The summed E-state index contributed by atoms with van der Waals surface area (Å²) < 4.78 is 5.36. The van der Waals surface area contributed by atoms with Crippen molar-refractivity contribution < 1.29 is 4.52 Å². The van der Waals surface area contributed by atoms with Gasteiger partial charge in [0.05, 0.1) is 11.7 Å². The molecule has 1 atom stereocenters. The SMILES string of the molecule is CC(C)(C)c1cc(C2CCCN2)on1. The van der Waals surface area contributed by atoms with Crippen LogP contribution in [-0.4, -0.2) is 11.7 Å². The van der Waals surface area contributed by atoms with Gasteiger partial charge in [0.25, 0.3) is 0 Å². The molecule has 3 nitrogen and oxygen atoms in total. The van der Waals surface area contributed by atoms with Crippen LogP contribution in [0.1, 0.15) is 51.1 Å². The Hall–Kier alpha value is -0.830. The van der Waals surface area contributed by atoms with Crippen molar-refractivity contribution in [1.82, 2.24) is 10.5 Å². The zero-order chi connectivity index (χ0) is 10.2. The Kier molecular flexibility index (Phi) is 2.35. The molecule has 0 spiro atoms. The summed E-state index contributed by atoms with van der Waals surface area (Å²) in [6.07, 6.45) is 2.40. The fraction of sp³-hybridized carbons (Fsp3) is 0.727. The maximum atomic E-state index is 5.36. The molecule has 2 rings (SSSR count). The fourth-order valence-corrected chi connectivity index (χ4v) is 1.73. The van der Waals surface area contributed by atoms with Gasteiger partial charge in [-0.2, -0.15) is 0 Å². The van der Waals surface area contributed by atoms with E-state index in [1.165, 1.54) is 12.8 Å². The molecule has 0 bridgehead atoms. The minimum atomic E-state index is 0.0837. The van der Waals surface area contributed by atoms with E-state index in [0.29, 0.717) is 6.04 Å². The fourth-order valence-electron chi connectivity index (χ4n) is 1.73. The quantitative estimate of drug-likeness (QED) is 0.746. The van der Waals surface area contributed by atoms with Gasteiger partial charge < -0.3 is 9.84 Å². The normalized spacial score (nSPS) is 22.9. The van der Waals surface area contributed by atoms with E-state index in [4.69, 9.17) is 4.52 Å². The highest BCUT2D eigenvalue weighted by molar-refractivity contribution is 5.16. The second-order valence-corrected chi connectivity index (χ2v) is 5.01. The van der Waals surface area contributed by atoms with Gasteiger partial charge in [0.15, 0.2) is 5.76 Å². The Morgan fingerprint density at radius 3 is 2.79 bits per heavy atom. The second kappa shape index (κ2) is 3.39. The molecule has 1 unspecified atom stereocenters. The maximum absolute atomic E-state index is 5.36. The van der Waals surface area contributed by atoms with Crippen LogP contribution in [0.25, 0.3) is 0 Å². The molecule has 0 saturated carbocycles. The number of hydrogen-bond donors (Lipinski definition) is 1. The summed E-state index contributed by atoms with van der Waals surface area (Å²) in [6, 6.07) is 2.47. The van der Waals surface area contributed by atoms with Crippen LogP contribution >= 0.6 is 0 Å². The largest absolute Gasteiger partial charge is 0.359 e. The van der Waals surface area contributed by atoms with Crippen LogP contribution in [0.15, 0.2) is 10.6 Å². The lowest BCUT2D eigenvalue weighted by molar-refractivity contribution is 0.339. The lowest BCUT2D eigenvalue weighted by Crippen LogP contribution is -2.13. The van der Waals surface area contributed by atoms with Gasteiger partial charge in [-0.3, -0.25) is 0 Å². The Morgan fingerprint density at radius 1 is 1.50 bits per heavy atom. The van der Waals surface area contributed by atoms with Gasteiger partial charge in [-0.05, 0) is 19.4 Å². The predicted molar refractivity (Wildman–Crippen MR) is 55.2 cm³/mol. The van der Waals surface area contributed by atoms with Crippen LogP contribution in [0.3, 0.4) is 0 Å². The first-order valence-corrected chi connectivity index (χ1v) is 5.28. The van der Waals surface area contributed by atoms with Gasteiger partial charge in [-0.1, -0.05) is 25.9 Å². The first-order valence-electron chi connectivity index (χ1n) is 5.28. The molecule has 1 fully saturated rings. The molecule has 0 aromatic carbocycles. The van der Waals surface area contributed by atoms with E-state index in [1.54, 1.807) is 0 Å². The molecule has 1 aromatic heterocycles. The van der Waals surface area contributed by atoms with E-state index in [1.807, 2.05) is 0 Å². The first kappa shape index (κ1) is 9.71. The van der Waals surface area contributed by atoms with Gasteiger partial charge in [0.1, 0.15) is 0 Å². The molecule has 1 saturated heterocycles. The molecule has 3 heteroatoms. The van der Waals surface area contributed by atoms with E-state index < -0.39 is 0 Å². The average Bonchev–Trinajstić information content (AvgIpc) is 2.73. The lowest BCUT2D eigenvalue weighted by atomic mass is 9.92. The Bertz CT molecular complexity index is 305. The topological polar surface area (TPSA) is 38.1 Å². The van der Waals surface area contributed by atoms with Gasteiger partial charge in [0, 0.05) is 11.5 Å². The molecule has 78 valence electrons. The van der Waals surface area contributed by atoms with Crippen LogP contribution in [0.2, 0.25) is 0 Å². The summed E-state index contributed by atoms with van der Waals surface area (Å²) in [6.45, 7) is 7.54. The Morgan fingerprint density at radius 2 is 2.29 bits per heavy atom. The van der Waals surface area contributed by atoms with E-state index >= 15 is 0 Å². The van der Waals surface area contributed by atoms with Crippen molar-refractivity contribution in [2.75, 3.05) is 6.54 Å². The molecule has 1 aliphatic heterocycles. The predicted octanol–water partition coefficient (Wildman–Crippen LogP) is 2.40. The van der Waals surface area contributed by atoms with Crippen molar-refractivity contribution in [3.05, 3.63) is 17.5 Å². The standard InChI is InChI=1S/C11H18N2O/c1-11(2,3)10-7-9(14-13-10)8-5-4-6-12-8/h7-8,12H,4-6H2,1-3H3. The Balaban J connectivity index is 2.17. The highest BCUT2D eigenvalue weighted by Crippen LogP contribution is 2.27. The van der Waals surface area contributed by atoms with Crippen LogP contribution in [0, 0.1) is 0 Å². The minimum Gasteiger partial charge on any atom is -0.359 e. The van der Waals surface area contributed by atoms with E-state index in [9.17, 15) is 0 Å². The van der Waals surface area contributed by atoms with Crippen LogP contribution in [0.5, 0.6) is 0 Å². The van der Waals surface area contributed by atoms with E-state index in [0.717, 1.165) is 18.0 Å². The molecular weight excluding hydrogens is 176 g/mol. The minimum absolute atomic E-state index is 0.0837. The summed E-state index contributed by atoms with van der Waals surface area (Å²) in [5.74, 6) is 0.993. The van der Waals surface area contributed by atoms with Crippen molar-refractivity contribution >= 4 is 0 Å². The molecule has 0 amide bonds. The smallest absolute Gasteiger partial charge is 0.153 e. The monoisotopic (exact) mass is 194 g/mol. The highest BCUT2D eigenvalue weighted by atomic mass is 16.5. The van der Waals surface area contributed by atoms with E-state index in [2.05, 4.69) is 37.3 Å². The molecule has 1 aliphatic rings. The molecule has 1 N–H and O–H groups in total. The number of rotatable bonds is 1. The summed E-state index contributed by atoms with van der Waals surface area (Å²) in [7, 11) is 0. The summed E-state index contributed by atoms with van der Waals surface area (Å²) in [5, 5.41) is 7.52. The van der Waals surface area contributed by atoms with Crippen molar-refractivity contribution in [1.29, 1.82) is 0 Å². The average molecular weight is 194 g/mol. The highest BCUT2D eigenvalue weighted by Gasteiger charge is 2.24. The third kappa shape index (κ3) is 1.82. The number of aromatic nitrogens is 1. The summed E-state index contributed by atoms with van der Waals surface area (Å²) >= 11 is 0. The van der Waals surface area contributed by atoms with Crippen LogP contribution in [-0.2, 0) is 5.41 Å². The van der Waals surface area contributed by atoms with Gasteiger partial charge in [-0.25, -0.2) is 0 Å². The zero-order valence-electron chi connectivity index (χ0n) is 9.13. The number of hydrogen-bond acceptors (Lipinski definition) is 3. The Labute approximate surface area is 84.9 Å². The third-order valence-electron chi connectivity index (χ3n) is 2.70. The molecule has 0 radical (unpaired) electrons. The van der Waals surface area contributed by atoms with Gasteiger partial charge in [0.2, 0.25) is 0 Å².